The van der Waals surface area contributed by atoms with E-state index in [0.29, 0.717) is 46.4 Å². The summed E-state index contributed by atoms with van der Waals surface area (Å²) in [4.78, 5) is 0. The summed E-state index contributed by atoms with van der Waals surface area (Å²) in [5.74, 6) is 0. The van der Waals surface area contributed by atoms with E-state index in [0.717, 1.165) is 5.56 Å². The Morgan fingerprint density at radius 2 is 1.61 bits per heavy atom. The number of benzene rings is 1. The van der Waals surface area contributed by atoms with Gasteiger partial charge in [0.05, 0.1) is 39.9 Å². The van der Waals surface area contributed by atoms with E-state index in [-0.39, 0.29) is 0 Å². The van der Waals surface area contributed by atoms with Crippen molar-refractivity contribution in [1.82, 2.24) is 5.32 Å². The maximum absolute atomic E-state index is 5.43. The van der Waals surface area contributed by atoms with Crippen molar-refractivity contribution in [3.63, 3.8) is 0 Å². The Morgan fingerprint density at radius 3 is 2.39 bits per heavy atom. The number of hydrogen-bond donors (Lipinski definition) is 2. The molecule has 1 aromatic rings. The maximum atomic E-state index is 5.43. The van der Waals surface area contributed by atoms with Gasteiger partial charge in [-0.05, 0) is 5.56 Å². The van der Waals surface area contributed by atoms with Crippen molar-refractivity contribution in [3.05, 3.63) is 35.9 Å². The molecule has 0 saturated carbocycles. The van der Waals surface area contributed by atoms with E-state index in [1.807, 2.05) is 30.3 Å². The van der Waals surface area contributed by atoms with E-state index in [9.17, 15) is 0 Å². The summed E-state index contributed by atoms with van der Waals surface area (Å²) in [6.45, 7) is 3.80. The minimum atomic E-state index is 0.459. The van der Waals surface area contributed by atoms with Crippen molar-refractivity contribution in [2.45, 2.75) is 6.61 Å². The second-order valence-corrected chi connectivity index (χ2v) is 3.68. The zero-order valence-corrected chi connectivity index (χ0v) is 10.6. The van der Waals surface area contributed by atoms with Crippen LogP contribution in [0.3, 0.4) is 0 Å². The molecule has 0 bridgehead atoms. The van der Waals surface area contributed by atoms with Crippen molar-refractivity contribution in [3.8, 4) is 0 Å². The van der Waals surface area contributed by atoms with Gasteiger partial charge in [0.1, 0.15) is 0 Å². The molecule has 18 heavy (non-hydrogen) atoms. The molecule has 0 spiro atoms. The van der Waals surface area contributed by atoms with Gasteiger partial charge in [0.2, 0.25) is 0 Å². The fraction of sp³-hybridized carbons (Fsp3) is 0.538. The topological polar surface area (TPSA) is 65.7 Å². The number of rotatable bonds is 11. The molecular weight excluding hydrogens is 232 g/mol. The average molecular weight is 254 g/mol. The summed E-state index contributed by atoms with van der Waals surface area (Å²) in [5, 5.41) is 3.02. The minimum absolute atomic E-state index is 0.459. The van der Waals surface area contributed by atoms with Crippen LogP contribution in [0.5, 0.6) is 0 Å². The molecule has 0 atom stereocenters. The van der Waals surface area contributed by atoms with Gasteiger partial charge in [-0.15, -0.1) is 0 Å². The highest BCUT2D eigenvalue weighted by Gasteiger charge is 1.92. The minimum Gasteiger partial charge on any atom is -0.378 e. The molecule has 0 aliphatic rings. The van der Waals surface area contributed by atoms with Crippen LogP contribution in [-0.4, -0.2) is 39.8 Å². The smallest absolute Gasteiger partial charge is 0.0987 e. The first-order valence-electron chi connectivity index (χ1n) is 6.11. The lowest BCUT2D eigenvalue weighted by Gasteiger charge is -2.07. The van der Waals surface area contributed by atoms with Crippen molar-refractivity contribution in [2.24, 2.45) is 5.73 Å². The Hall–Kier alpha value is -0.980. The van der Waals surface area contributed by atoms with Gasteiger partial charge in [0.15, 0.2) is 0 Å². The molecule has 0 unspecified atom stereocenters. The van der Waals surface area contributed by atoms with Gasteiger partial charge in [-0.3, -0.25) is 5.32 Å². The molecule has 0 fully saturated rings. The largest absolute Gasteiger partial charge is 0.378 e. The lowest BCUT2D eigenvalue weighted by atomic mass is 10.2. The van der Waals surface area contributed by atoms with Crippen LogP contribution in [0.1, 0.15) is 5.56 Å². The first kappa shape index (κ1) is 15.1. The molecule has 0 radical (unpaired) electrons. The Bertz CT molecular complexity index is 283. The van der Waals surface area contributed by atoms with E-state index in [1.54, 1.807) is 0 Å². The predicted octanol–water partition coefficient (Wildman–Crippen LogP) is 0.700. The number of hydrogen-bond acceptors (Lipinski definition) is 5. The fourth-order valence-corrected chi connectivity index (χ4v) is 1.30. The second-order valence-electron chi connectivity index (χ2n) is 3.68. The highest BCUT2D eigenvalue weighted by molar-refractivity contribution is 5.13. The molecule has 0 saturated heterocycles. The molecule has 0 heterocycles. The predicted molar refractivity (Wildman–Crippen MR) is 69.9 cm³/mol. The van der Waals surface area contributed by atoms with Crippen molar-refractivity contribution >= 4 is 0 Å². The standard InChI is InChI=1S/C13H22N2O3/c14-6-7-16-8-9-17-11-15-12-18-10-13-4-2-1-3-5-13/h1-5,15H,6-12,14H2. The van der Waals surface area contributed by atoms with Crippen LogP contribution >= 0.6 is 0 Å². The summed E-state index contributed by atoms with van der Waals surface area (Å²) in [7, 11) is 0. The van der Waals surface area contributed by atoms with Crippen LogP contribution in [-0.2, 0) is 20.8 Å². The molecule has 0 amide bonds. The van der Waals surface area contributed by atoms with Gasteiger partial charge >= 0.3 is 0 Å². The van der Waals surface area contributed by atoms with Crippen LogP contribution in [0.2, 0.25) is 0 Å². The normalized spacial score (nSPS) is 10.7. The van der Waals surface area contributed by atoms with Gasteiger partial charge in [0.25, 0.3) is 0 Å². The number of ether oxygens (including phenoxy) is 3. The third kappa shape index (κ3) is 8.16. The Balaban J connectivity index is 1.82. The second kappa shape index (κ2) is 11.1. The number of nitrogens with one attached hydrogen (secondary N) is 1. The van der Waals surface area contributed by atoms with E-state index < -0.39 is 0 Å². The van der Waals surface area contributed by atoms with Gasteiger partial charge in [0, 0.05) is 6.54 Å². The summed E-state index contributed by atoms with van der Waals surface area (Å²) >= 11 is 0. The van der Waals surface area contributed by atoms with E-state index >= 15 is 0 Å². The first-order valence-corrected chi connectivity index (χ1v) is 6.11. The first-order chi connectivity index (χ1) is 8.93. The molecule has 102 valence electrons. The van der Waals surface area contributed by atoms with Crippen LogP contribution < -0.4 is 11.1 Å². The molecule has 3 N–H and O–H groups in total. The van der Waals surface area contributed by atoms with Crippen LogP contribution in [0, 0.1) is 0 Å². The molecule has 0 aliphatic heterocycles. The van der Waals surface area contributed by atoms with E-state index in [1.165, 1.54) is 0 Å². The summed E-state index contributed by atoms with van der Waals surface area (Å²) < 4.78 is 15.9. The third-order valence-electron chi connectivity index (χ3n) is 2.15. The quantitative estimate of drug-likeness (QED) is 0.449. The van der Waals surface area contributed by atoms with Crippen molar-refractivity contribution < 1.29 is 14.2 Å². The van der Waals surface area contributed by atoms with Crippen molar-refractivity contribution in [1.29, 1.82) is 0 Å². The highest BCUT2D eigenvalue weighted by atomic mass is 16.5. The summed E-state index contributed by atoms with van der Waals surface area (Å²) in [6.07, 6.45) is 0. The summed E-state index contributed by atoms with van der Waals surface area (Å²) in [5.41, 5.74) is 6.44. The molecule has 1 aromatic carbocycles. The lowest BCUT2D eigenvalue weighted by molar-refractivity contribution is 0.0215. The maximum Gasteiger partial charge on any atom is 0.0987 e. The zero-order chi connectivity index (χ0) is 12.9. The van der Waals surface area contributed by atoms with Gasteiger partial charge < -0.3 is 19.9 Å². The average Bonchev–Trinajstić information content (AvgIpc) is 2.42. The van der Waals surface area contributed by atoms with Gasteiger partial charge in [-0.2, -0.15) is 0 Å². The van der Waals surface area contributed by atoms with Crippen molar-refractivity contribution in [2.75, 3.05) is 39.8 Å². The summed E-state index contributed by atoms with van der Waals surface area (Å²) in [6, 6.07) is 10.0. The number of nitrogens with two attached hydrogens (primary N) is 1. The van der Waals surface area contributed by atoms with E-state index in [4.69, 9.17) is 19.9 Å². The highest BCUT2D eigenvalue weighted by Crippen LogP contribution is 1.99. The molecule has 5 heteroatoms. The van der Waals surface area contributed by atoms with E-state index in [2.05, 4.69) is 5.32 Å². The Kier molecular flexibility index (Phi) is 9.32. The van der Waals surface area contributed by atoms with Crippen LogP contribution in [0.15, 0.2) is 30.3 Å². The molecule has 0 aromatic heterocycles. The third-order valence-corrected chi connectivity index (χ3v) is 2.15. The van der Waals surface area contributed by atoms with Gasteiger partial charge in [-0.25, -0.2) is 0 Å². The SMILES string of the molecule is NCCOCCOCNCOCc1ccccc1. The molecular formula is C13H22N2O3. The molecule has 0 aliphatic carbocycles. The van der Waals surface area contributed by atoms with Crippen LogP contribution in [0.4, 0.5) is 0 Å². The Labute approximate surface area is 108 Å². The van der Waals surface area contributed by atoms with Crippen LogP contribution in [0.25, 0.3) is 0 Å². The molecule has 5 nitrogen and oxygen atoms in total. The lowest BCUT2D eigenvalue weighted by Crippen LogP contribution is -2.22. The zero-order valence-electron chi connectivity index (χ0n) is 10.6. The molecule has 1 rings (SSSR count). The fourth-order valence-electron chi connectivity index (χ4n) is 1.30. The van der Waals surface area contributed by atoms with Gasteiger partial charge in [-0.1, -0.05) is 30.3 Å². The monoisotopic (exact) mass is 254 g/mol. The Morgan fingerprint density at radius 1 is 0.889 bits per heavy atom.